The first-order valence-electron chi connectivity index (χ1n) is 4.14. The lowest BCUT2D eigenvalue weighted by atomic mass is 9.71. The molecular weight excluding hydrogens is 141 g/mol. The summed E-state index contributed by atoms with van der Waals surface area (Å²) in [5.74, 6) is 0.0149. The van der Waals surface area contributed by atoms with E-state index in [0.717, 1.165) is 0 Å². The van der Waals surface area contributed by atoms with Crippen LogP contribution in [0.25, 0.3) is 0 Å². The first-order valence-corrected chi connectivity index (χ1v) is 4.14. The van der Waals surface area contributed by atoms with Crippen LogP contribution in [-0.4, -0.2) is 12.2 Å². The highest BCUT2D eigenvalue weighted by Crippen LogP contribution is 2.39. The molecule has 0 aliphatic heterocycles. The van der Waals surface area contributed by atoms with E-state index in [1.807, 2.05) is 27.7 Å². The fraction of sp³-hybridized carbons (Fsp3) is 1.00. The Morgan fingerprint density at radius 1 is 1.27 bits per heavy atom. The molecule has 0 aromatic carbocycles. The second-order valence-electron chi connectivity index (χ2n) is 4.32. The van der Waals surface area contributed by atoms with Gasteiger partial charge in [-0.3, -0.25) is 0 Å². The minimum absolute atomic E-state index is 0.0149. The van der Waals surface area contributed by atoms with Gasteiger partial charge in [0.15, 0.2) is 0 Å². The van der Waals surface area contributed by atoms with Crippen LogP contribution in [0.15, 0.2) is 0 Å². The summed E-state index contributed by atoms with van der Waals surface area (Å²) in [5, 5.41) is 0. The van der Waals surface area contributed by atoms with Gasteiger partial charge in [-0.15, -0.1) is 0 Å². The lowest BCUT2D eigenvalue weighted by molar-refractivity contribution is -0.00313. The van der Waals surface area contributed by atoms with Gasteiger partial charge in [0.25, 0.3) is 0 Å². The number of alkyl halides is 1. The first-order chi connectivity index (χ1) is 4.75. The van der Waals surface area contributed by atoms with Crippen LogP contribution in [-0.2, 0) is 0 Å². The summed E-state index contributed by atoms with van der Waals surface area (Å²) in [6, 6.07) is 0. The van der Waals surface area contributed by atoms with Crippen LogP contribution in [0.2, 0.25) is 0 Å². The second-order valence-corrected chi connectivity index (χ2v) is 4.32. The monoisotopic (exact) mass is 161 g/mol. The van der Waals surface area contributed by atoms with Gasteiger partial charge in [-0.05, 0) is 12.8 Å². The van der Waals surface area contributed by atoms with Gasteiger partial charge < -0.3 is 5.73 Å². The van der Waals surface area contributed by atoms with Gasteiger partial charge in [0.2, 0.25) is 0 Å². The van der Waals surface area contributed by atoms with Gasteiger partial charge in [0, 0.05) is 12.0 Å². The molecule has 0 amide bonds. The Bertz CT molecular complexity index is 128. The van der Waals surface area contributed by atoms with Crippen LogP contribution in [0.3, 0.4) is 0 Å². The predicted octanol–water partition coefficient (Wildman–Crippen LogP) is 2.36. The lowest BCUT2D eigenvalue weighted by Crippen LogP contribution is -2.46. The summed E-state index contributed by atoms with van der Waals surface area (Å²) in [4.78, 5) is 0. The molecule has 0 saturated carbocycles. The minimum atomic E-state index is -1.18. The van der Waals surface area contributed by atoms with Gasteiger partial charge in [0.05, 0.1) is 0 Å². The van der Waals surface area contributed by atoms with Crippen LogP contribution < -0.4 is 5.73 Å². The molecule has 0 aliphatic rings. The summed E-state index contributed by atoms with van der Waals surface area (Å²) >= 11 is 0. The molecule has 0 aliphatic carbocycles. The molecule has 0 heterocycles. The summed E-state index contributed by atoms with van der Waals surface area (Å²) in [6.45, 7) is 9.53. The fourth-order valence-electron chi connectivity index (χ4n) is 0.981. The largest absolute Gasteiger partial charge is 0.330 e. The third kappa shape index (κ3) is 1.92. The standard InChI is InChI=1S/C9H20FN/c1-7(2)9(5,10)8(3,4)6-11/h7H,6,11H2,1-5H3. The van der Waals surface area contributed by atoms with Crippen LogP contribution >= 0.6 is 0 Å². The molecule has 11 heavy (non-hydrogen) atoms. The molecule has 0 radical (unpaired) electrons. The van der Waals surface area contributed by atoms with Gasteiger partial charge in [-0.1, -0.05) is 27.7 Å². The van der Waals surface area contributed by atoms with Crippen molar-refractivity contribution in [2.24, 2.45) is 17.1 Å². The van der Waals surface area contributed by atoms with E-state index in [0.29, 0.717) is 6.54 Å². The average Bonchev–Trinajstić information content (AvgIpc) is 1.87. The van der Waals surface area contributed by atoms with Crippen molar-refractivity contribution in [3.05, 3.63) is 0 Å². The normalized spacial score (nSPS) is 18.5. The predicted molar refractivity (Wildman–Crippen MR) is 47.2 cm³/mol. The van der Waals surface area contributed by atoms with E-state index in [1.54, 1.807) is 6.92 Å². The van der Waals surface area contributed by atoms with Crippen molar-refractivity contribution in [1.82, 2.24) is 0 Å². The maximum atomic E-state index is 13.9. The Kier molecular flexibility index (Phi) is 3.06. The van der Waals surface area contributed by atoms with Gasteiger partial charge in [-0.25, -0.2) is 4.39 Å². The molecule has 0 saturated heterocycles. The molecule has 0 fully saturated rings. The zero-order chi connectivity index (χ0) is 9.28. The first kappa shape index (κ1) is 10.9. The fourth-order valence-corrected chi connectivity index (χ4v) is 0.981. The minimum Gasteiger partial charge on any atom is -0.330 e. The quantitative estimate of drug-likeness (QED) is 0.675. The molecule has 1 unspecified atom stereocenters. The lowest BCUT2D eigenvalue weighted by Gasteiger charge is -2.39. The zero-order valence-corrected chi connectivity index (χ0v) is 8.24. The van der Waals surface area contributed by atoms with Crippen molar-refractivity contribution in [3.63, 3.8) is 0 Å². The van der Waals surface area contributed by atoms with E-state index in [4.69, 9.17) is 5.73 Å². The molecule has 2 N–H and O–H groups in total. The topological polar surface area (TPSA) is 26.0 Å². The Morgan fingerprint density at radius 3 is 1.73 bits per heavy atom. The van der Waals surface area contributed by atoms with E-state index in [1.165, 1.54) is 0 Å². The Balaban J connectivity index is 4.53. The molecule has 2 heteroatoms. The van der Waals surface area contributed by atoms with Crippen molar-refractivity contribution in [2.75, 3.05) is 6.54 Å². The number of nitrogens with two attached hydrogens (primary N) is 1. The number of hydrogen-bond acceptors (Lipinski definition) is 1. The van der Waals surface area contributed by atoms with Gasteiger partial charge in [0.1, 0.15) is 5.67 Å². The highest BCUT2D eigenvalue weighted by atomic mass is 19.1. The molecule has 1 atom stereocenters. The van der Waals surface area contributed by atoms with Crippen molar-refractivity contribution in [3.8, 4) is 0 Å². The molecule has 68 valence electrons. The third-order valence-electron chi connectivity index (χ3n) is 2.92. The Morgan fingerprint density at radius 2 is 1.64 bits per heavy atom. The maximum Gasteiger partial charge on any atom is 0.116 e. The third-order valence-corrected chi connectivity index (χ3v) is 2.92. The molecule has 1 nitrogen and oxygen atoms in total. The van der Waals surface area contributed by atoms with E-state index in [-0.39, 0.29) is 5.92 Å². The number of rotatable bonds is 3. The van der Waals surface area contributed by atoms with E-state index < -0.39 is 11.1 Å². The Hall–Kier alpha value is -0.110. The number of halogens is 1. The smallest absolute Gasteiger partial charge is 0.116 e. The second kappa shape index (κ2) is 3.10. The van der Waals surface area contributed by atoms with Gasteiger partial charge >= 0.3 is 0 Å². The highest BCUT2D eigenvalue weighted by molar-refractivity contribution is 4.92. The average molecular weight is 161 g/mol. The molecular formula is C9H20FN. The SMILES string of the molecule is CC(C)C(C)(F)C(C)(C)CN. The number of hydrogen-bond donors (Lipinski definition) is 1. The Labute approximate surface area is 69.2 Å². The van der Waals surface area contributed by atoms with E-state index in [9.17, 15) is 4.39 Å². The van der Waals surface area contributed by atoms with Crippen molar-refractivity contribution in [1.29, 1.82) is 0 Å². The van der Waals surface area contributed by atoms with Crippen molar-refractivity contribution in [2.45, 2.75) is 40.3 Å². The van der Waals surface area contributed by atoms with Crippen molar-refractivity contribution < 1.29 is 4.39 Å². The van der Waals surface area contributed by atoms with Crippen LogP contribution in [0.5, 0.6) is 0 Å². The molecule has 0 rings (SSSR count). The van der Waals surface area contributed by atoms with Crippen molar-refractivity contribution >= 4 is 0 Å². The maximum absolute atomic E-state index is 13.9. The highest BCUT2D eigenvalue weighted by Gasteiger charge is 2.42. The van der Waals surface area contributed by atoms with E-state index >= 15 is 0 Å². The van der Waals surface area contributed by atoms with E-state index in [2.05, 4.69) is 0 Å². The summed E-state index contributed by atoms with van der Waals surface area (Å²) in [5.41, 5.74) is 3.88. The zero-order valence-electron chi connectivity index (χ0n) is 8.24. The summed E-state index contributed by atoms with van der Waals surface area (Å²) in [6.07, 6.45) is 0. The molecule has 0 bridgehead atoms. The molecule has 0 aromatic heterocycles. The van der Waals surface area contributed by atoms with Crippen LogP contribution in [0.1, 0.15) is 34.6 Å². The van der Waals surface area contributed by atoms with Crippen LogP contribution in [0.4, 0.5) is 4.39 Å². The molecule has 0 spiro atoms. The molecule has 0 aromatic rings. The van der Waals surface area contributed by atoms with Crippen LogP contribution in [0, 0.1) is 11.3 Å². The summed E-state index contributed by atoms with van der Waals surface area (Å²) < 4.78 is 13.9. The summed E-state index contributed by atoms with van der Waals surface area (Å²) in [7, 11) is 0. The van der Waals surface area contributed by atoms with Gasteiger partial charge in [-0.2, -0.15) is 0 Å².